The van der Waals surface area contributed by atoms with Crippen molar-refractivity contribution < 1.29 is 33.3 Å². The molecule has 0 aliphatic carbocycles. The second-order valence-electron chi connectivity index (χ2n) is 5.37. The molecule has 140 valence electrons. The van der Waals surface area contributed by atoms with Crippen molar-refractivity contribution in [3.05, 3.63) is 46.6 Å². The van der Waals surface area contributed by atoms with E-state index in [4.69, 9.17) is 28.5 Å². The third-order valence-electron chi connectivity index (χ3n) is 3.87. The third-order valence-corrected chi connectivity index (χ3v) is 3.87. The summed E-state index contributed by atoms with van der Waals surface area (Å²) in [5, 5.41) is 9.25. The number of carbonyl (C=O) groups is 1. The monoisotopic (exact) mass is 372 g/mol. The van der Waals surface area contributed by atoms with E-state index in [2.05, 4.69) is 0 Å². The molecule has 3 aromatic rings. The van der Waals surface area contributed by atoms with Crippen molar-refractivity contribution in [1.29, 1.82) is 0 Å². The highest BCUT2D eigenvalue weighted by molar-refractivity contribution is 5.84. The van der Waals surface area contributed by atoms with E-state index in [9.17, 15) is 9.59 Å². The average molecular weight is 372 g/mol. The Morgan fingerprint density at radius 3 is 2.15 bits per heavy atom. The first-order valence-electron chi connectivity index (χ1n) is 7.77. The molecular formula is C19H16O8. The lowest BCUT2D eigenvalue weighted by atomic mass is 10.1. The van der Waals surface area contributed by atoms with Gasteiger partial charge < -0.3 is 28.5 Å². The second-order valence-corrected chi connectivity index (χ2v) is 5.37. The summed E-state index contributed by atoms with van der Waals surface area (Å²) < 4.78 is 26.4. The number of ether oxygens (including phenoxy) is 4. The maximum Gasteiger partial charge on any atom is 0.511 e. The van der Waals surface area contributed by atoms with Gasteiger partial charge >= 0.3 is 6.16 Å². The zero-order valence-corrected chi connectivity index (χ0v) is 14.8. The van der Waals surface area contributed by atoms with Gasteiger partial charge in [0, 0.05) is 5.56 Å². The summed E-state index contributed by atoms with van der Waals surface area (Å²) in [6.07, 6.45) is -1.63. The summed E-state index contributed by atoms with van der Waals surface area (Å²) >= 11 is 0. The van der Waals surface area contributed by atoms with Crippen LogP contribution in [0.2, 0.25) is 0 Å². The molecule has 0 saturated carbocycles. The van der Waals surface area contributed by atoms with Crippen molar-refractivity contribution in [2.45, 2.75) is 0 Å². The van der Waals surface area contributed by atoms with Crippen molar-refractivity contribution in [3.63, 3.8) is 0 Å². The van der Waals surface area contributed by atoms with Crippen LogP contribution in [-0.4, -0.2) is 32.6 Å². The molecule has 0 radical (unpaired) electrons. The smallest absolute Gasteiger partial charge is 0.493 e. The van der Waals surface area contributed by atoms with Crippen LogP contribution in [0.1, 0.15) is 0 Å². The van der Waals surface area contributed by atoms with Gasteiger partial charge in [-0.25, -0.2) is 4.79 Å². The largest absolute Gasteiger partial charge is 0.511 e. The molecule has 1 aromatic heterocycles. The van der Waals surface area contributed by atoms with Gasteiger partial charge in [0.1, 0.15) is 5.58 Å². The van der Waals surface area contributed by atoms with Crippen LogP contribution >= 0.6 is 0 Å². The van der Waals surface area contributed by atoms with Crippen LogP contribution in [0.3, 0.4) is 0 Å². The highest BCUT2D eigenvalue weighted by atomic mass is 16.7. The number of carboxylic acid groups (broad SMARTS) is 1. The molecule has 0 saturated heterocycles. The normalized spacial score (nSPS) is 10.5. The van der Waals surface area contributed by atoms with Gasteiger partial charge in [-0.15, -0.1) is 0 Å². The molecule has 3 rings (SSSR count). The number of hydrogen-bond acceptors (Lipinski definition) is 7. The number of rotatable bonds is 5. The van der Waals surface area contributed by atoms with Crippen molar-refractivity contribution >= 4 is 17.1 Å². The molecule has 0 amide bonds. The lowest BCUT2D eigenvalue weighted by Crippen LogP contribution is -2.14. The Kier molecular flexibility index (Phi) is 4.89. The quantitative estimate of drug-likeness (QED) is 0.678. The summed E-state index contributed by atoms with van der Waals surface area (Å²) in [5.74, 6) is 0.441. The zero-order valence-electron chi connectivity index (χ0n) is 14.8. The van der Waals surface area contributed by atoms with Crippen LogP contribution in [-0.2, 0) is 0 Å². The van der Waals surface area contributed by atoms with Crippen molar-refractivity contribution in [2.75, 3.05) is 21.3 Å². The fraction of sp³-hybridized carbons (Fsp3) is 0.158. The molecule has 0 spiro atoms. The van der Waals surface area contributed by atoms with Crippen LogP contribution in [0, 0.1) is 0 Å². The molecule has 0 aliphatic heterocycles. The van der Waals surface area contributed by atoms with Crippen LogP contribution in [0.25, 0.3) is 22.3 Å². The second kappa shape index (κ2) is 7.28. The summed E-state index contributed by atoms with van der Waals surface area (Å²) in [6, 6.07) is 9.52. The Labute approximate surface area is 153 Å². The first-order chi connectivity index (χ1) is 13.0. The highest BCUT2D eigenvalue weighted by Gasteiger charge is 2.23. The summed E-state index contributed by atoms with van der Waals surface area (Å²) in [6.45, 7) is 0. The van der Waals surface area contributed by atoms with Gasteiger partial charge in [0.05, 0.1) is 26.7 Å². The van der Waals surface area contributed by atoms with E-state index in [1.165, 1.54) is 39.5 Å². The Morgan fingerprint density at radius 1 is 0.963 bits per heavy atom. The van der Waals surface area contributed by atoms with Crippen LogP contribution < -0.4 is 24.4 Å². The molecule has 8 nitrogen and oxygen atoms in total. The third kappa shape index (κ3) is 3.24. The Hall–Kier alpha value is -3.68. The Morgan fingerprint density at radius 2 is 1.59 bits per heavy atom. The minimum absolute atomic E-state index is 0.0691. The molecule has 0 aliphatic rings. The topological polar surface area (TPSA) is 104 Å². The fourth-order valence-electron chi connectivity index (χ4n) is 2.71. The SMILES string of the molecule is COc1cc(-c2oc3ccccc3c(=O)c2OC(=O)O)cc(OC)c1OC. The molecule has 0 unspecified atom stereocenters. The lowest BCUT2D eigenvalue weighted by molar-refractivity contribution is 0.143. The van der Waals surface area contributed by atoms with Crippen LogP contribution in [0.15, 0.2) is 45.6 Å². The lowest BCUT2D eigenvalue weighted by Gasteiger charge is -2.15. The molecule has 27 heavy (non-hydrogen) atoms. The van der Waals surface area contributed by atoms with Gasteiger partial charge in [-0.2, -0.15) is 0 Å². The molecule has 0 fully saturated rings. The maximum atomic E-state index is 12.8. The summed E-state index contributed by atoms with van der Waals surface area (Å²) in [4.78, 5) is 23.9. The fourth-order valence-corrected chi connectivity index (χ4v) is 2.71. The zero-order chi connectivity index (χ0) is 19.6. The average Bonchev–Trinajstić information content (AvgIpc) is 2.68. The van der Waals surface area contributed by atoms with E-state index in [1.807, 2.05) is 0 Å². The number of methoxy groups -OCH3 is 3. The van der Waals surface area contributed by atoms with E-state index >= 15 is 0 Å². The summed E-state index contributed by atoms with van der Waals surface area (Å²) in [5.41, 5.74) is -0.00408. The van der Waals surface area contributed by atoms with Gasteiger partial charge in [-0.05, 0) is 24.3 Å². The maximum absolute atomic E-state index is 12.8. The number of fused-ring (bicyclic) bond motifs is 1. The predicted molar refractivity (Wildman–Crippen MR) is 96.2 cm³/mol. The minimum atomic E-state index is -1.63. The van der Waals surface area contributed by atoms with Crippen molar-refractivity contribution in [3.8, 4) is 34.3 Å². The molecular weight excluding hydrogens is 356 g/mol. The number of hydrogen-bond donors (Lipinski definition) is 1. The minimum Gasteiger partial charge on any atom is -0.493 e. The van der Waals surface area contributed by atoms with Crippen LogP contribution in [0.4, 0.5) is 4.79 Å². The highest BCUT2D eigenvalue weighted by Crippen LogP contribution is 2.43. The van der Waals surface area contributed by atoms with Crippen LogP contribution in [0.5, 0.6) is 23.0 Å². The van der Waals surface area contributed by atoms with E-state index in [-0.39, 0.29) is 16.7 Å². The van der Waals surface area contributed by atoms with E-state index in [0.717, 1.165) is 0 Å². The Balaban J connectivity index is 2.36. The molecule has 8 heteroatoms. The van der Waals surface area contributed by atoms with Gasteiger partial charge in [0.25, 0.3) is 0 Å². The molecule has 1 heterocycles. The van der Waals surface area contributed by atoms with E-state index in [1.54, 1.807) is 18.2 Å². The molecule has 0 atom stereocenters. The predicted octanol–water partition coefficient (Wildman–Crippen LogP) is 3.54. The summed E-state index contributed by atoms with van der Waals surface area (Å²) in [7, 11) is 4.33. The molecule has 0 bridgehead atoms. The number of para-hydroxylation sites is 1. The molecule has 2 aromatic carbocycles. The Bertz CT molecular complexity index is 1040. The van der Waals surface area contributed by atoms with E-state index in [0.29, 0.717) is 22.8 Å². The van der Waals surface area contributed by atoms with E-state index < -0.39 is 17.3 Å². The standard InChI is InChI=1S/C19H16O8/c1-23-13-8-10(9-14(24-2)17(13)25-3)16-18(27-19(21)22)15(20)11-6-4-5-7-12(11)26-16/h4-9H,1-3H3,(H,21,22). The van der Waals surface area contributed by atoms with Gasteiger partial charge in [-0.3, -0.25) is 4.79 Å². The first-order valence-corrected chi connectivity index (χ1v) is 7.77. The van der Waals surface area contributed by atoms with Crippen molar-refractivity contribution in [1.82, 2.24) is 0 Å². The van der Waals surface area contributed by atoms with Gasteiger partial charge in [-0.1, -0.05) is 12.1 Å². The number of benzene rings is 2. The first kappa shape index (κ1) is 18.1. The molecule has 1 N–H and O–H groups in total. The van der Waals surface area contributed by atoms with Crippen molar-refractivity contribution in [2.24, 2.45) is 0 Å². The van der Waals surface area contributed by atoms with Gasteiger partial charge in [0.2, 0.25) is 16.9 Å². The van der Waals surface area contributed by atoms with Gasteiger partial charge in [0.15, 0.2) is 17.3 Å².